The molecule has 0 spiro atoms. The first-order valence-electron chi connectivity index (χ1n) is 6.93. The highest BCUT2D eigenvalue weighted by atomic mass is 16.5. The van der Waals surface area contributed by atoms with Gasteiger partial charge >= 0.3 is 5.63 Å². The van der Waals surface area contributed by atoms with E-state index in [4.69, 9.17) is 9.15 Å². The van der Waals surface area contributed by atoms with Gasteiger partial charge in [0.15, 0.2) is 0 Å². The number of hydrogen-bond acceptors (Lipinski definition) is 4. The molecule has 0 bridgehead atoms. The predicted octanol–water partition coefficient (Wildman–Crippen LogP) is 2.85. The largest absolute Gasteiger partial charge is 0.497 e. The van der Waals surface area contributed by atoms with Gasteiger partial charge in [0.25, 0.3) is 0 Å². The molecule has 0 fully saturated rings. The zero-order chi connectivity index (χ0) is 15.4. The van der Waals surface area contributed by atoms with Gasteiger partial charge in [0, 0.05) is 23.6 Å². The van der Waals surface area contributed by atoms with Crippen molar-refractivity contribution in [3.8, 4) is 5.75 Å². The number of aliphatic hydroxyl groups excluding tert-OH is 1. The first kappa shape index (κ1) is 15.3. The smallest absolute Gasteiger partial charge is 0.339 e. The Bertz CT molecular complexity index is 721. The fourth-order valence-electron chi connectivity index (χ4n) is 2.20. The van der Waals surface area contributed by atoms with Gasteiger partial charge in [-0.15, -0.1) is 0 Å². The molecule has 4 nitrogen and oxygen atoms in total. The van der Waals surface area contributed by atoms with Crippen LogP contribution in [0.1, 0.15) is 25.0 Å². The maximum Gasteiger partial charge on any atom is 0.339 e. The van der Waals surface area contributed by atoms with E-state index in [1.807, 2.05) is 32.1 Å². The quantitative estimate of drug-likeness (QED) is 0.679. The van der Waals surface area contributed by atoms with Crippen LogP contribution in [0.5, 0.6) is 5.75 Å². The summed E-state index contributed by atoms with van der Waals surface area (Å²) in [6, 6.07) is 5.41. The molecule has 0 aliphatic carbocycles. The summed E-state index contributed by atoms with van der Waals surface area (Å²) in [5, 5.41) is 10.0. The number of ether oxygens (including phenoxy) is 1. The first-order valence-corrected chi connectivity index (χ1v) is 6.93. The minimum Gasteiger partial charge on any atom is -0.497 e. The molecule has 4 heteroatoms. The Hall–Kier alpha value is -2.07. The molecule has 0 radical (unpaired) electrons. The first-order chi connectivity index (χ1) is 10.0. The van der Waals surface area contributed by atoms with Crippen molar-refractivity contribution in [3.05, 3.63) is 51.4 Å². The summed E-state index contributed by atoms with van der Waals surface area (Å²) < 4.78 is 10.6. The van der Waals surface area contributed by atoms with E-state index in [2.05, 4.69) is 0 Å². The Morgan fingerprint density at radius 3 is 2.67 bits per heavy atom. The van der Waals surface area contributed by atoms with Gasteiger partial charge in [-0.3, -0.25) is 0 Å². The number of allylic oxidation sites excluding steroid dienone is 2. The van der Waals surface area contributed by atoms with Crippen LogP contribution >= 0.6 is 0 Å². The van der Waals surface area contributed by atoms with E-state index < -0.39 is 0 Å². The van der Waals surface area contributed by atoms with Crippen LogP contribution in [-0.4, -0.2) is 18.8 Å². The van der Waals surface area contributed by atoms with Crippen LogP contribution in [0.4, 0.5) is 0 Å². The summed E-state index contributed by atoms with van der Waals surface area (Å²) in [6.45, 7) is 4.01. The van der Waals surface area contributed by atoms with E-state index in [1.165, 1.54) is 0 Å². The van der Waals surface area contributed by atoms with Gasteiger partial charge in [-0.05, 0) is 44.4 Å². The molecule has 1 N–H and O–H groups in total. The van der Waals surface area contributed by atoms with E-state index in [-0.39, 0.29) is 12.2 Å². The van der Waals surface area contributed by atoms with Gasteiger partial charge in [0.05, 0.1) is 7.11 Å². The molecular formula is C17H20O4. The molecule has 0 unspecified atom stereocenters. The van der Waals surface area contributed by atoms with Gasteiger partial charge in [0.2, 0.25) is 0 Å². The molecule has 1 aromatic carbocycles. The second-order valence-corrected chi connectivity index (χ2v) is 5.22. The average Bonchev–Trinajstić information content (AvgIpc) is 2.45. The van der Waals surface area contributed by atoms with Gasteiger partial charge in [-0.25, -0.2) is 4.79 Å². The molecule has 0 saturated heterocycles. The highest BCUT2D eigenvalue weighted by molar-refractivity contribution is 5.82. The fourth-order valence-corrected chi connectivity index (χ4v) is 2.20. The number of hydrogen-bond donors (Lipinski definition) is 1. The summed E-state index contributed by atoms with van der Waals surface area (Å²) in [7, 11) is 1.56. The third kappa shape index (κ3) is 3.52. The summed E-state index contributed by atoms with van der Waals surface area (Å²) >= 11 is 0. The second kappa shape index (κ2) is 6.59. The van der Waals surface area contributed by atoms with Crippen molar-refractivity contribution < 1.29 is 14.3 Å². The third-order valence-electron chi connectivity index (χ3n) is 3.33. The normalized spacial score (nSPS) is 10.7. The Balaban J connectivity index is 2.61. The number of fused-ring (bicyclic) bond motifs is 1. The number of rotatable bonds is 5. The summed E-state index contributed by atoms with van der Waals surface area (Å²) in [5.41, 5.74) is 2.84. The van der Waals surface area contributed by atoms with Crippen molar-refractivity contribution in [1.29, 1.82) is 0 Å². The van der Waals surface area contributed by atoms with Crippen molar-refractivity contribution in [2.75, 3.05) is 13.7 Å². The van der Waals surface area contributed by atoms with Crippen molar-refractivity contribution in [2.45, 2.75) is 26.7 Å². The van der Waals surface area contributed by atoms with Crippen LogP contribution in [0.25, 0.3) is 11.0 Å². The molecule has 0 amide bonds. The summed E-state index contributed by atoms with van der Waals surface area (Å²) in [4.78, 5) is 12.0. The third-order valence-corrected chi connectivity index (χ3v) is 3.33. The molecule has 2 aromatic rings. The lowest BCUT2D eigenvalue weighted by atomic mass is 10.0. The van der Waals surface area contributed by atoms with E-state index in [0.29, 0.717) is 29.7 Å². The number of aliphatic hydroxyl groups is 1. The topological polar surface area (TPSA) is 59.7 Å². The van der Waals surface area contributed by atoms with Gasteiger partial charge in [0.1, 0.15) is 11.3 Å². The lowest BCUT2D eigenvalue weighted by molar-refractivity contribution is 0.300. The summed E-state index contributed by atoms with van der Waals surface area (Å²) in [6.07, 6.45) is 3.03. The average molecular weight is 288 g/mol. The van der Waals surface area contributed by atoms with Crippen LogP contribution in [0, 0.1) is 0 Å². The Labute approximate surface area is 123 Å². The van der Waals surface area contributed by atoms with E-state index in [9.17, 15) is 9.90 Å². The van der Waals surface area contributed by atoms with Crippen molar-refractivity contribution >= 4 is 11.0 Å². The highest BCUT2D eigenvalue weighted by Gasteiger charge is 2.10. The Morgan fingerprint density at radius 2 is 2.05 bits per heavy atom. The molecule has 1 heterocycles. The van der Waals surface area contributed by atoms with Crippen LogP contribution in [-0.2, 0) is 12.8 Å². The maximum absolute atomic E-state index is 12.0. The predicted molar refractivity (Wildman–Crippen MR) is 83.0 cm³/mol. The standard InChI is InChI=1S/C17H20O4/c1-11(2)4-5-13-9-15-12(6-7-18)8-14(20-3)10-16(15)21-17(13)19/h4,8-10,18H,5-7H2,1-3H3. The molecule has 0 atom stereocenters. The van der Waals surface area contributed by atoms with Crippen LogP contribution in [0.2, 0.25) is 0 Å². The van der Waals surface area contributed by atoms with Gasteiger partial charge in [-0.2, -0.15) is 0 Å². The summed E-state index contributed by atoms with van der Waals surface area (Å²) in [5.74, 6) is 0.617. The van der Waals surface area contributed by atoms with E-state index in [1.54, 1.807) is 13.2 Å². The Kier molecular flexibility index (Phi) is 4.81. The molecule has 21 heavy (non-hydrogen) atoms. The highest BCUT2D eigenvalue weighted by Crippen LogP contribution is 2.25. The van der Waals surface area contributed by atoms with E-state index in [0.717, 1.165) is 16.5 Å². The number of benzene rings is 1. The zero-order valence-corrected chi connectivity index (χ0v) is 12.6. The molecule has 1 aromatic heterocycles. The zero-order valence-electron chi connectivity index (χ0n) is 12.6. The maximum atomic E-state index is 12.0. The van der Waals surface area contributed by atoms with Crippen molar-refractivity contribution in [1.82, 2.24) is 0 Å². The monoisotopic (exact) mass is 288 g/mol. The van der Waals surface area contributed by atoms with Crippen molar-refractivity contribution in [3.63, 3.8) is 0 Å². The number of methoxy groups -OCH3 is 1. The molecule has 2 rings (SSSR count). The van der Waals surface area contributed by atoms with Crippen LogP contribution < -0.4 is 10.4 Å². The molecule has 0 saturated carbocycles. The van der Waals surface area contributed by atoms with Crippen LogP contribution in [0.15, 0.2) is 39.1 Å². The van der Waals surface area contributed by atoms with E-state index >= 15 is 0 Å². The van der Waals surface area contributed by atoms with Crippen molar-refractivity contribution in [2.24, 2.45) is 0 Å². The minimum atomic E-state index is -0.330. The van der Waals surface area contributed by atoms with Crippen LogP contribution in [0.3, 0.4) is 0 Å². The minimum absolute atomic E-state index is 0.0324. The Morgan fingerprint density at radius 1 is 1.29 bits per heavy atom. The SMILES string of the molecule is COc1cc(CCO)c2cc(CC=C(C)C)c(=O)oc2c1. The van der Waals surface area contributed by atoms with Gasteiger partial charge in [-0.1, -0.05) is 11.6 Å². The fraction of sp³-hybridized carbons (Fsp3) is 0.353. The molecule has 0 aliphatic heterocycles. The molecule has 112 valence electrons. The van der Waals surface area contributed by atoms with Gasteiger partial charge < -0.3 is 14.3 Å². The molecular weight excluding hydrogens is 268 g/mol. The lowest BCUT2D eigenvalue weighted by Crippen LogP contribution is -2.07. The molecule has 0 aliphatic rings. The lowest BCUT2D eigenvalue weighted by Gasteiger charge is -2.09. The second-order valence-electron chi connectivity index (χ2n) is 5.22.